The fourth-order valence-electron chi connectivity index (χ4n) is 15.6. The second-order valence-electron chi connectivity index (χ2n) is 24.1. The minimum Gasteiger partial charge on any atom is -0.310 e. The van der Waals surface area contributed by atoms with Crippen molar-refractivity contribution in [3.05, 3.63) is 280 Å². The predicted octanol–water partition coefficient (Wildman–Crippen LogP) is 16.3. The van der Waals surface area contributed by atoms with Crippen molar-refractivity contribution >= 4 is 66.6 Å². The van der Waals surface area contributed by atoms with Crippen LogP contribution in [0.5, 0.6) is 0 Å². The molecule has 13 aromatic rings. The number of rotatable bonds is 6. The topological polar surface area (TPSA) is 9.86 Å². The van der Waals surface area contributed by atoms with Crippen LogP contribution in [0.3, 0.4) is 0 Å². The molecule has 5 heterocycles. The molecule has 0 unspecified atom stereocenters. The Morgan fingerprint density at radius 2 is 0.936 bits per heavy atom. The largest absolute Gasteiger partial charge is 0.310 e. The number of hydrogen-bond acceptors (Lipinski definition) is 0. The zero-order valence-electron chi connectivity index (χ0n) is 44.8. The predicted molar refractivity (Wildman–Crippen MR) is 328 cm³/mol. The third-order valence-corrected chi connectivity index (χ3v) is 19.3. The standard InChI is InChI=1S/C75H55BN2/c1-44-31-33-54-55-34-32-45(2)38-61(55)75(60(54)37-44)59-35-36-64-67-72(59)78-69-56(40-51(42-62(69)75)73(3,4)49-26-15-9-16-27-49)57-41-52(74(5,6)50-28-17-10-18-29-50)43-63(70(57)78)76(67)66-53-30-20-19-25-48(53)39-58-65(46-21-11-7-12-22-46)68(77(64)71(58)66)47-23-13-8-14-24-47/h7-43H,1-6H3. The van der Waals surface area contributed by atoms with Gasteiger partial charge in [-0.25, -0.2) is 0 Å². The van der Waals surface area contributed by atoms with Crippen molar-refractivity contribution in [2.45, 2.75) is 57.8 Å². The number of nitrogens with zero attached hydrogens (tertiary/aromatic N) is 2. The summed E-state index contributed by atoms with van der Waals surface area (Å²) in [5.74, 6) is 0. The van der Waals surface area contributed by atoms with Gasteiger partial charge in [0.2, 0.25) is 0 Å². The zero-order chi connectivity index (χ0) is 52.1. The van der Waals surface area contributed by atoms with Crippen LogP contribution in [-0.4, -0.2) is 15.8 Å². The Kier molecular flexibility index (Phi) is 8.61. The molecule has 2 nitrogen and oxygen atoms in total. The third kappa shape index (κ3) is 5.39. The molecule has 2 aromatic heterocycles. The highest BCUT2D eigenvalue weighted by Crippen LogP contribution is 2.63. The second kappa shape index (κ2) is 15.2. The molecule has 78 heavy (non-hydrogen) atoms. The Morgan fingerprint density at radius 3 is 1.56 bits per heavy atom. The van der Waals surface area contributed by atoms with Crippen molar-refractivity contribution in [1.29, 1.82) is 0 Å². The molecular weight excluding hydrogens is 940 g/mol. The van der Waals surface area contributed by atoms with Crippen molar-refractivity contribution in [2.75, 3.05) is 0 Å². The van der Waals surface area contributed by atoms with Crippen LogP contribution in [0.15, 0.2) is 224 Å². The average Bonchev–Trinajstić information content (AvgIpc) is 2.36. The summed E-state index contributed by atoms with van der Waals surface area (Å²) in [6, 6.07) is 86.8. The zero-order valence-corrected chi connectivity index (χ0v) is 44.8. The molecule has 4 aliphatic rings. The number of hydrogen-bond donors (Lipinski definition) is 0. The minimum atomic E-state index is -0.644. The van der Waals surface area contributed by atoms with E-state index < -0.39 is 5.41 Å². The lowest BCUT2D eigenvalue weighted by molar-refractivity contribution is 0.637. The smallest absolute Gasteiger partial charge is 0.253 e. The first kappa shape index (κ1) is 44.2. The number of aromatic nitrogens is 2. The van der Waals surface area contributed by atoms with Gasteiger partial charge in [0, 0.05) is 49.4 Å². The van der Waals surface area contributed by atoms with Gasteiger partial charge in [-0.1, -0.05) is 239 Å². The first-order valence-corrected chi connectivity index (χ1v) is 28.0. The minimum absolute atomic E-state index is 0.0989. The lowest BCUT2D eigenvalue weighted by atomic mass is 9.33. The van der Waals surface area contributed by atoms with Crippen molar-refractivity contribution in [3.8, 4) is 44.9 Å². The van der Waals surface area contributed by atoms with Crippen LogP contribution < -0.4 is 16.4 Å². The van der Waals surface area contributed by atoms with E-state index in [1.807, 2.05) is 0 Å². The van der Waals surface area contributed by atoms with Crippen LogP contribution in [0.2, 0.25) is 0 Å². The summed E-state index contributed by atoms with van der Waals surface area (Å²) in [6.07, 6.45) is 0. The van der Waals surface area contributed by atoms with Crippen LogP contribution >= 0.6 is 0 Å². The van der Waals surface area contributed by atoms with Gasteiger partial charge in [0.25, 0.3) is 6.71 Å². The van der Waals surface area contributed by atoms with Crippen LogP contribution in [0.4, 0.5) is 0 Å². The number of fused-ring (bicyclic) bond motifs is 13. The molecule has 1 spiro atoms. The van der Waals surface area contributed by atoms with E-state index in [1.165, 1.54) is 160 Å². The number of aryl methyl sites for hydroxylation is 2. The van der Waals surface area contributed by atoms with Gasteiger partial charge in [-0.15, -0.1) is 0 Å². The molecule has 17 rings (SSSR count). The molecule has 1 aliphatic carbocycles. The molecule has 11 aromatic carbocycles. The average molecular weight is 995 g/mol. The SMILES string of the molecule is Cc1ccc2c(c1)C1(c3cc(C)ccc3-2)c2ccc3c4c2-n2c5c(cc(C(C)(C)c6ccccc6)cc5c5cc(C(C)(C)c6ccccc6)cc1c52)B4c1c2ccccc2cc2c(-c4ccccc4)c(-c4ccccc4)n-3c12. The lowest BCUT2D eigenvalue weighted by Gasteiger charge is -2.45. The van der Waals surface area contributed by atoms with E-state index in [0.29, 0.717) is 0 Å². The summed E-state index contributed by atoms with van der Waals surface area (Å²) in [5.41, 5.74) is 30.3. The van der Waals surface area contributed by atoms with Crippen LogP contribution in [0.1, 0.15) is 83.3 Å². The monoisotopic (exact) mass is 994 g/mol. The molecule has 0 N–H and O–H groups in total. The summed E-state index contributed by atoms with van der Waals surface area (Å²) in [4.78, 5) is 0. The number of benzene rings is 11. The van der Waals surface area contributed by atoms with E-state index >= 15 is 0 Å². The van der Waals surface area contributed by atoms with Gasteiger partial charge in [-0.2, -0.15) is 0 Å². The molecule has 0 fully saturated rings. The van der Waals surface area contributed by atoms with Crippen molar-refractivity contribution in [2.24, 2.45) is 0 Å². The van der Waals surface area contributed by atoms with E-state index in [2.05, 4.69) is 275 Å². The lowest BCUT2D eigenvalue weighted by Crippen LogP contribution is -2.61. The maximum atomic E-state index is 2.80. The molecule has 368 valence electrons. The first-order chi connectivity index (χ1) is 38.0. The van der Waals surface area contributed by atoms with Crippen LogP contribution in [-0.2, 0) is 16.2 Å². The summed E-state index contributed by atoms with van der Waals surface area (Å²) in [6.45, 7) is 14.2. The normalized spacial score (nSPS) is 14.1. The quantitative estimate of drug-likeness (QED) is 0.147. The Bertz CT molecular complexity index is 4730. The fourth-order valence-corrected chi connectivity index (χ4v) is 15.6. The summed E-state index contributed by atoms with van der Waals surface area (Å²) < 4.78 is 5.50. The van der Waals surface area contributed by atoms with Crippen LogP contribution in [0, 0.1) is 13.8 Å². The van der Waals surface area contributed by atoms with E-state index in [0.717, 1.165) is 0 Å². The molecule has 0 bridgehead atoms. The van der Waals surface area contributed by atoms with Gasteiger partial charge in [0.1, 0.15) is 0 Å². The Morgan fingerprint density at radius 1 is 0.385 bits per heavy atom. The van der Waals surface area contributed by atoms with Gasteiger partial charge in [0.15, 0.2) is 0 Å². The molecule has 0 radical (unpaired) electrons. The highest BCUT2D eigenvalue weighted by Gasteiger charge is 2.55. The molecule has 0 saturated carbocycles. The maximum Gasteiger partial charge on any atom is 0.253 e. The highest BCUT2D eigenvalue weighted by atomic mass is 15.1. The summed E-state index contributed by atoms with van der Waals surface area (Å²) >= 11 is 0. The molecule has 0 saturated heterocycles. The highest BCUT2D eigenvalue weighted by molar-refractivity contribution is 7.01. The Labute approximate surface area is 456 Å². The summed E-state index contributed by atoms with van der Waals surface area (Å²) in [7, 11) is 0. The van der Waals surface area contributed by atoms with Gasteiger partial charge >= 0.3 is 0 Å². The van der Waals surface area contributed by atoms with Gasteiger partial charge < -0.3 is 9.13 Å². The van der Waals surface area contributed by atoms with Crippen molar-refractivity contribution in [1.82, 2.24) is 9.13 Å². The van der Waals surface area contributed by atoms with E-state index in [9.17, 15) is 0 Å². The van der Waals surface area contributed by atoms with E-state index in [4.69, 9.17) is 0 Å². The molecular formula is C75H55BN2. The second-order valence-corrected chi connectivity index (χ2v) is 24.1. The van der Waals surface area contributed by atoms with Crippen molar-refractivity contribution in [3.63, 3.8) is 0 Å². The Balaban J connectivity index is 1.14. The molecule has 3 heteroatoms. The van der Waals surface area contributed by atoms with E-state index in [1.54, 1.807) is 0 Å². The third-order valence-electron chi connectivity index (χ3n) is 19.3. The van der Waals surface area contributed by atoms with Gasteiger partial charge in [-0.05, 0) is 132 Å². The maximum absolute atomic E-state index is 2.80. The van der Waals surface area contributed by atoms with Crippen molar-refractivity contribution < 1.29 is 0 Å². The molecule has 0 atom stereocenters. The van der Waals surface area contributed by atoms with Gasteiger partial charge in [-0.3, -0.25) is 0 Å². The van der Waals surface area contributed by atoms with E-state index in [-0.39, 0.29) is 17.5 Å². The summed E-state index contributed by atoms with van der Waals surface area (Å²) in [5, 5.41) is 6.51. The Hall–Kier alpha value is -8.92. The first-order valence-electron chi connectivity index (χ1n) is 28.0. The molecule has 3 aliphatic heterocycles. The van der Waals surface area contributed by atoms with Crippen LogP contribution in [0.25, 0.3) is 88.4 Å². The van der Waals surface area contributed by atoms with Gasteiger partial charge in [0.05, 0.1) is 22.1 Å². The fraction of sp³-hybridized carbons (Fsp3) is 0.120. The molecule has 0 amide bonds.